The molecule has 0 bridgehead atoms. The van der Waals surface area contributed by atoms with Crippen LogP contribution < -0.4 is 19.5 Å². The molecule has 1 N–H and O–H groups in total. The molecule has 0 spiro atoms. The number of fused-ring (bicyclic) bond motifs is 2. The molecule has 0 aliphatic carbocycles. The zero-order chi connectivity index (χ0) is 33.6. The molecule has 0 saturated carbocycles. The maximum atomic E-state index is 13.6. The van der Waals surface area contributed by atoms with Crippen LogP contribution in [0.3, 0.4) is 0 Å². The lowest BCUT2D eigenvalue weighted by Crippen LogP contribution is -2.48. The summed E-state index contributed by atoms with van der Waals surface area (Å²) < 4.78 is 43.6. The second-order valence-electron chi connectivity index (χ2n) is 11.4. The molecule has 5 aromatic rings. The van der Waals surface area contributed by atoms with Gasteiger partial charge in [-0.3, -0.25) is 14.5 Å². The summed E-state index contributed by atoms with van der Waals surface area (Å²) in [6, 6.07) is 20.1. The highest BCUT2D eigenvalue weighted by Gasteiger charge is 2.43. The van der Waals surface area contributed by atoms with Crippen LogP contribution in [0.15, 0.2) is 79.0 Å². The Morgan fingerprint density at radius 1 is 0.918 bits per heavy atom. The second-order valence-corrected chi connectivity index (χ2v) is 12.2. The van der Waals surface area contributed by atoms with Crippen molar-refractivity contribution in [1.82, 2.24) is 19.4 Å². The van der Waals surface area contributed by atoms with E-state index < -0.39 is 6.29 Å². The van der Waals surface area contributed by atoms with Crippen molar-refractivity contribution >= 4 is 68.6 Å². The number of amides is 2. The van der Waals surface area contributed by atoms with Gasteiger partial charge in [0.25, 0.3) is 11.8 Å². The topological polar surface area (TPSA) is 98.2 Å². The van der Waals surface area contributed by atoms with Gasteiger partial charge in [0, 0.05) is 62.9 Å². The smallest absolute Gasteiger partial charge is 0.439 e. The monoisotopic (exact) mass is 773 g/mol. The number of piperazine rings is 1. The number of anilines is 1. The van der Waals surface area contributed by atoms with Crippen LogP contribution in [-0.2, 0) is 13.6 Å². The maximum Gasteiger partial charge on any atom is 0.586 e. The molecule has 2 aromatic heterocycles. The lowest BCUT2D eigenvalue weighted by molar-refractivity contribution is -0.286. The van der Waals surface area contributed by atoms with Gasteiger partial charge in [0.15, 0.2) is 11.5 Å². The molecule has 3 aromatic carbocycles. The number of ether oxygens (including phenoxy) is 3. The van der Waals surface area contributed by atoms with Crippen LogP contribution in [0.1, 0.15) is 26.4 Å². The van der Waals surface area contributed by atoms with E-state index in [2.05, 4.69) is 24.7 Å². The van der Waals surface area contributed by atoms with E-state index in [-0.39, 0.29) is 45.3 Å². The van der Waals surface area contributed by atoms with E-state index >= 15 is 0 Å². The van der Waals surface area contributed by atoms with E-state index in [9.17, 15) is 18.4 Å². The van der Waals surface area contributed by atoms with Gasteiger partial charge < -0.3 is 29.0 Å². The van der Waals surface area contributed by atoms with Gasteiger partial charge in [-0.15, -0.1) is 25.8 Å². The number of alkyl halides is 2. The highest BCUT2D eigenvalue weighted by Crippen LogP contribution is 2.41. The minimum absolute atomic E-state index is 0. The minimum Gasteiger partial charge on any atom is -0.439 e. The molecule has 2 aliphatic heterocycles. The number of hydrogen-bond donors (Lipinski definition) is 1. The summed E-state index contributed by atoms with van der Waals surface area (Å²) in [6.45, 7) is 2.83. The summed E-state index contributed by atoms with van der Waals surface area (Å²) in [6.07, 6.45) is -2.16. The van der Waals surface area contributed by atoms with Crippen molar-refractivity contribution in [3.63, 3.8) is 0 Å². The number of pyridine rings is 1. The van der Waals surface area contributed by atoms with Crippen LogP contribution in [0.5, 0.6) is 23.1 Å². The van der Waals surface area contributed by atoms with E-state index in [0.29, 0.717) is 66.3 Å². The van der Waals surface area contributed by atoms with Crippen LogP contribution in [-0.4, -0.2) is 63.6 Å². The molecule has 0 unspecified atom stereocenters. The van der Waals surface area contributed by atoms with Gasteiger partial charge in [-0.25, -0.2) is 4.98 Å². The Balaban J connectivity index is 0.00000417. The number of nitrogens with zero attached hydrogens (tertiary/aromatic N) is 4. The zero-order valence-electron chi connectivity index (χ0n) is 25.8. The molecule has 10 nitrogen and oxygen atoms in total. The summed E-state index contributed by atoms with van der Waals surface area (Å²) in [4.78, 5) is 34.4. The van der Waals surface area contributed by atoms with Gasteiger partial charge >= 0.3 is 6.29 Å². The van der Waals surface area contributed by atoms with Gasteiger partial charge in [0.2, 0.25) is 5.88 Å². The SMILES string of the molecule is Br.Cn1c(C(=O)N2CCN(Cc3ccc4c(c3)OC(F)(F)O4)CC2)cc2ccc(Oc3ccc(NC(=O)c4ccc(Cl)c(Cl)c4)cn3)cc21. The van der Waals surface area contributed by atoms with Crippen LogP contribution in [0.2, 0.25) is 10.0 Å². The molecule has 7 rings (SSSR count). The molecule has 254 valence electrons. The fourth-order valence-corrected chi connectivity index (χ4v) is 5.97. The summed E-state index contributed by atoms with van der Waals surface area (Å²) >= 11 is 12.0. The van der Waals surface area contributed by atoms with Crippen molar-refractivity contribution in [2.24, 2.45) is 7.05 Å². The molecule has 2 aliphatic rings. The van der Waals surface area contributed by atoms with E-state index in [4.69, 9.17) is 27.9 Å². The zero-order valence-corrected chi connectivity index (χ0v) is 29.0. The van der Waals surface area contributed by atoms with Gasteiger partial charge in [0.1, 0.15) is 11.4 Å². The predicted octanol–water partition coefficient (Wildman–Crippen LogP) is 7.78. The first kappa shape index (κ1) is 34.4. The third-order valence-electron chi connectivity index (χ3n) is 8.17. The lowest BCUT2D eigenvalue weighted by Gasteiger charge is -2.34. The van der Waals surface area contributed by atoms with Crippen LogP contribution in [0.25, 0.3) is 10.9 Å². The Kier molecular flexibility index (Phi) is 9.72. The lowest BCUT2D eigenvalue weighted by atomic mass is 10.1. The van der Waals surface area contributed by atoms with Gasteiger partial charge in [0.05, 0.1) is 27.4 Å². The van der Waals surface area contributed by atoms with Crippen molar-refractivity contribution in [2.45, 2.75) is 12.8 Å². The van der Waals surface area contributed by atoms with Crippen molar-refractivity contribution in [3.05, 3.63) is 106 Å². The average Bonchev–Trinajstić information content (AvgIpc) is 3.57. The van der Waals surface area contributed by atoms with Crippen molar-refractivity contribution in [1.29, 1.82) is 0 Å². The number of hydrogen-bond acceptors (Lipinski definition) is 7. The Hall–Kier alpha value is -4.43. The van der Waals surface area contributed by atoms with Gasteiger partial charge in [-0.05, 0) is 60.2 Å². The molecule has 2 amide bonds. The molecule has 1 fully saturated rings. The molecule has 0 atom stereocenters. The predicted molar refractivity (Wildman–Crippen MR) is 186 cm³/mol. The first-order valence-corrected chi connectivity index (χ1v) is 15.7. The number of carbonyl (C=O) groups is 2. The highest BCUT2D eigenvalue weighted by molar-refractivity contribution is 8.93. The summed E-state index contributed by atoms with van der Waals surface area (Å²) in [5.41, 5.74) is 3.01. The minimum atomic E-state index is -3.65. The number of aromatic nitrogens is 2. The Morgan fingerprint density at radius 3 is 2.43 bits per heavy atom. The Labute approximate surface area is 299 Å². The van der Waals surface area contributed by atoms with Crippen molar-refractivity contribution < 1.29 is 32.6 Å². The first-order valence-electron chi connectivity index (χ1n) is 14.9. The summed E-state index contributed by atoms with van der Waals surface area (Å²) in [5.74, 6) is 0.452. The quantitative estimate of drug-likeness (QED) is 0.180. The number of aryl methyl sites for hydroxylation is 1. The molecule has 4 heterocycles. The van der Waals surface area contributed by atoms with Crippen LogP contribution in [0, 0.1) is 0 Å². The number of carbonyl (C=O) groups excluding carboxylic acids is 2. The summed E-state index contributed by atoms with van der Waals surface area (Å²) in [5, 5.41) is 4.29. The number of halogens is 5. The third-order valence-corrected chi connectivity index (χ3v) is 8.90. The van der Waals surface area contributed by atoms with Crippen LogP contribution >= 0.6 is 40.2 Å². The van der Waals surface area contributed by atoms with Crippen molar-refractivity contribution in [2.75, 3.05) is 31.5 Å². The Morgan fingerprint density at radius 2 is 1.69 bits per heavy atom. The fraction of sp³-hybridized carbons (Fsp3) is 0.206. The number of nitrogens with one attached hydrogen (secondary N) is 1. The van der Waals surface area contributed by atoms with Crippen LogP contribution in [0.4, 0.5) is 14.5 Å². The largest absolute Gasteiger partial charge is 0.586 e. The fourth-order valence-electron chi connectivity index (χ4n) is 5.68. The Bertz CT molecular complexity index is 2060. The second kappa shape index (κ2) is 13.8. The maximum absolute atomic E-state index is 13.6. The molecular weight excluding hydrogens is 747 g/mol. The first-order chi connectivity index (χ1) is 23.0. The third kappa shape index (κ3) is 7.44. The molecular formula is C34H28BrCl2F2N5O5. The molecule has 49 heavy (non-hydrogen) atoms. The van der Waals surface area contributed by atoms with Gasteiger partial charge in [-0.2, -0.15) is 0 Å². The van der Waals surface area contributed by atoms with E-state index in [1.54, 1.807) is 42.5 Å². The number of rotatable bonds is 7. The molecule has 15 heteroatoms. The van der Waals surface area contributed by atoms with E-state index in [1.165, 1.54) is 18.3 Å². The molecule has 0 radical (unpaired) electrons. The molecule has 1 saturated heterocycles. The van der Waals surface area contributed by atoms with E-state index in [1.807, 2.05) is 34.7 Å². The standard InChI is InChI=1S/C34H27Cl2F2N5O5.BrH/c1-41-27-17-24(46-31-9-5-23(18-39-31)40-32(44)22-4-7-25(35)26(36)15-22)6-3-21(27)16-28(41)33(45)43-12-10-42(11-13-43)19-20-2-8-29-30(14-20)48-34(37,38)47-29;/h2-9,14-18H,10-13,19H2,1H3,(H,40,44);1H. The highest BCUT2D eigenvalue weighted by atomic mass is 79.9. The van der Waals surface area contributed by atoms with Crippen molar-refractivity contribution in [3.8, 4) is 23.1 Å². The summed E-state index contributed by atoms with van der Waals surface area (Å²) in [7, 11) is 1.84. The van der Waals surface area contributed by atoms with E-state index in [0.717, 1.165) is 16.5 Å². The normalized spacial score (nSPS) is 15.2. The average molecular weight is 775 g/mol. The number of benzene rings is 3. The van der Waals surface area contributed by atoms with Gasteiger partial charge in [-0.1, -0.05) is 29.3 Å².